The first kappa shape index (κ1) is 21.9. The van der Waals surface area contributed by atoms with Crippen molar-refractivity contribution in [2.75, 3.05) is 13.1 Å². The zero-order valence-electron chi connectivity index (χ0n) is 15.7. The van der Waals surface area contributed by atoms with Gasteiger partial charge in [-0.25, -0.2) is 4.79 Å². The first-order valence-corrected chi connectivity index (χ1v) is 9.38. The van der Waals surface area contributed by atoms with E-state index in [-0.39, 0.29) is 12.0 Å². The maximum absolute atomic E-state index is 11.4. The van der Waals surface area contributed by atoms with Crippen LogP contribution in [0.25, 0.3) is 0 Å². The van der Waals surface area contributed by atoms with Gasteiger partial charge >= 0.3 is 5.97 Å². The predicted octanol–water partition coefficient (Wildman–Crippen LogP) is 3.66. The highest BCUT2D eigenvalue weighted by molar-refractivity contribution is 5.87. The number of unbranched alkanes of at least 4 members (excludes halogenated alkanes) is 2. The van der Waals surface area contributed by atoms with Gasteiger partial charge in [0.1, 0.15) is 0 Å². The van der Waals surface area contributed by atoms with Crippen molar-refractivity contribution >= 4 is 11.9 Å². The van der Waals surface area contributed by atoms with Crippen LogP contribution in [0.4, 0.5) is 0 Å². The van der Waals surface area contributed by atoms with Crippen molar-refractivity contribution in [3.05, 3.63) is 48.0 Å². The minimum atomic E-state index is -0.911. The van der Waals surface area contributed by atoms with Crippen LogP contribution in [0.15, 0.2) is 36.9 Å². The van der Waals surface area contributed by atoms with Crippen LogP contribution in [0, 0.1) is 0 Å². The van der Waals surface area contributed by atoms with Gasteiger partial charge in [0, 0.05) is 19.5 Å². The Morgan fingerprint density at radius 1 is 1.31 bits per heavy atom. The number of likely N-dealkylation sites (tertiary alicyclic amines) is 1. The van der Waals surface area contributed by atoms with Crippen molar-refractivity contribution in [1.29, 1.82) is 0 Å². The van der Waals surface area contributed by atoms with Crippen LogP contribution in [0.3, 0.4) is 0 Å². The minimum absolute atomic E-state index is 0.229. The molecular weight excluding hydrogens is 330 g/mol. The summed E-state index contributed by atoms with van der Waals surface area (Å²) in [6.07, 6.45) is 8.13. The second-order valence-electron chi connectivity index (χ2n) is 6.54. The van der Waals surface area contributed by atoms with E-state index in [1.807, 2.05) is 17.0 Å². The van der Waals surface area contributed by atoms with Gasteiger partial charge in [0.15, 0.2) is 0 Å². The molecule has 1 unspecified atom stereocenters. The molecule has 1 atom stereocenters. The molecule has 0 bridgehead atoms. The fourth-order valence-electron chi connectivity index (χ4n) is 2.74. The summed E-state index contributed by atoms with van der Waals surface area (Å²) in [6, 6.07) is 6.82. The van der Waals surface area contributed by atoms with Gasteiger partial charge in [-0.05, 0) is 37.0 Å². The molecule has 5 nitrogen and oxygen atoms in total. The maximum Gasteiger partial charge on any atom is 0.335 e. The number of rotatable bonds is 9. The second-order valence-corrected chi connectivity index (χ2v) is 6.54. The van der Waals surface area contributed by atoms with Crippen molar-refractivity contribution in [2.24, 2.45) is 0 Å². The Bertz CT molecular complexity index is 568. The molecule has 1 aromatic rings. The smallest absolute Gasteiger partial charge is 0.335 e. The molecule has 2 rings (SSSR count). The summed E-state index contributed by atoms with van der Waals surface area (Å²) in [6.45, 7) is 7.22. The van der Waals surface area contributed by atoms with Crippen molar-refractivity contribution in [3.63, 3.8) is 0 Å². The summed E-state index contributed by atoms with van der Waals surface area (Å²) in [5.74, 6) is -0.682. The molecule has 144 valence electrons. The molecule has 5 heteroatoms. The Labute approximate surface area is 156 Å². The average molecular weight is 361 g/mol. The molecule has 1 aliphatic heterocycles. The Kier molecular flexibility index (Phi) is 10.3. The Morgan fingerprint density at radius 3 is 2.50 bits per heavy atom. The highest BCUT2D eigenvalue weighted by atomic mass is 16.4. The quantitative estimate of drug-likeness (QED) is 0.520. The van der Waals surface area contributed by atoms with Gasteiger partial charge in [-0.2, -0.15) is 0 Å². The molecule has 0 aromatic heterocycles. The van der Waals surface area contributed by atoms with E-state index in [1.54, 1.807) is 18.2 Å². The van der Waals surface area contributed by atoms with Crippen molar-refractivity contribution in [2.45, 2.75) is 58.0 Å². The van der Waals surface area contributed by atoms with Crippen LogP contribution in [-0.2, 0) is 11.2 Å². The zero-order valence-corrected chi connectivity index (χ0v) is 15.7. The minimum Gasteiger partial charge on any atom is -0.478 e. The van der Waals surface area contributed by atoms with E-state index in [2.05, 4.69) is 13.5 Å². The SMILES string of the molecule is C=CC(O)CCCCC.O=C(O)c1ccc(CCN2CCCC2=O)cc1. The third kappa shape index (κ3) is 8.30. The van der Waals surface area contributed by atoms with Gasteiger partial charge in [-0.15, -0.1) is 6.58 Å². The van der Waals surface area contributed by atoms with Gasteiger partial charge in [0.2, 0.25) is 5.91 Å². The number of aliphatic hydroxyl groups is 1. The highest BCUT2D eigenvalue weighted by Gasteiger charge is 2.19. The van der Waals surface area contributed by atoms with Crippen LogP contribution in [0.1, 0.15) is 61.4 Å². The lowest BCUT2D eigenvalue weighted by Gasteiger charge is -2.15. The topological polar surface area (TPSA) is 77.8 Å². The predicted molar refractivity (Wildman–Crippen MR) is 103 cm³/mol. The summed E-state index contributed by atoms with van der Waals surface area (Å²) in [5, 5.41) is 17.7. The van der Waals surface area contributed by atoms with Gasteiger partial charge in [-0.3, -0.25) is 4.79 Å². The number of aromatic carboxylic acids is 1. The number of carboxylic acid groups (broad SMARTS) is 1. The summed E-state index contributed by atoms with van der Waals surface area (Å²) in [7, 11) is 0. The number of nitrogens with zero attached hydrogens (tertiary/aromatic N) is 1. The van der Waals surface area contributed by atoms with Crippen LogP contribution < -0.4 is 0 Å². The van der Waals surface area contributed by atoms with Crippen LogP contribution in [0.2, 0.25) is 0 Å². The lowest BCUT2D eigenvalue weighted by molar-refractivity contribution is -0.127. The van der Waals surface area contributed by atoms with E-state index in [4.69, 9.17) is 10.2 Å². The summed E-state index contributed by atoms with van der Waals surface area (Å²) >= 11 is 0. The molecule has 1 heterocycles. The number of hydrogen-bond acceptors (Lipinski definition) is 3. The average Bonchev–Trinajstić information content (AvgIpc) is 3.06. The van der Waals surface area contributed by atoms with Gasteiger partial charge in [0.05, 0.1) is 11.7 Å². The molecule has 0 saturated carbocycles. The number of carbonyl (C=O) groups is 2. The molecule has 0 aliphatic carbocycles. The molecule has 1 saturated heterocycles. The molecule has 1 aromatic carbocycles. The van der Waals surface area contributed by atoms with Crippen molar-refractivity contribution in [3.8, 4) is 0 Å². The molecule has 0 spiro atoms. The van der Waals surface area contributed by atoms with Gasteiger partial charge in [0.25, 0.3) is 0 Å². The highest BCUT2D eigenvalue weighted by Crippen LogP contribution is 2.11. The second kappa shape index (κ2) is 12.3. The van der Waals surface area contributed by atoms with E-state index < -0.39 is 5.97 Å². The summed E-state index contributed by atoms with van der Waals surface area (Å²) < 4.78 is 0. The third-order valence-corrected chi connectivity index (χ3v) is 4.42. The Morgan fingerprint density at radius 2 is 2.00 bits per heavy atom. The van der Waals surface area contributed by atoms with Crippen molar-refractivity contribution in [1.82, 2.24) is 4.90 Å². The Balaban J connectivity index is 0.000000321. The summed E-state index contributed by atoms with van der Waals surface area (Å²) in [5.41, 5.74) is 1.36. The fourth-order valence-corrected chi connectivity index (χ4v) is 2.74. The fraction of sp³-hybridized carbons (Fsp3) is 0.524. The maximum atomic E-state index is 11.4. The molecule has 1 fully saturated rings. The number of carbonyl (C=O) groups excluding carboxylic acids is 1. The van der Waals surface area contributed by atoms with E-state index in [0.29, 0.717) is 12.0 Å². The number of carboxylic acids is 1. The molecule has 1 aliphatic rings. The van der Waals surface area contributed by atoms with Crippen LogP contribution in [0.5, 0.6) is 0 Å². The first-order valence-electron chi connectivity index (χ1n) is 9.38. The number of amides is 1. The molecule has 1 amide bonds. The van der Waals surface area contributed by atoms with E-state index in [9.17, 15) is 9.59 Å². The summed E-state index contributed by atoms with van der Waals surface area (Å²) in [4.78, 5) is 23.9. The molecule has 2 N–H and O–H groups in total. The molecular formula is C21H31NO4. The van der Waals surface area contributed by atoms with Gasteiger partial charge < -0.3 is 15.1 Å². The lowest BCUT2D eigenvalue weighted by atomic mass is 10.1. The molecule has 26 heavy (non-hydrogen) atoms. The third-order valence-electron chi connectivity index (χ3n) is 4.42. The molecule has 0 radical (unpaired) electrons. The largest absolute Gasteiger partial charge is 0.478 e. The standard InChI is InChI=1S/C13H15NO3.C8H16O/c15-12-2-1-8-14(12)9-7-10-3-5-11(6-4-10)13(16)17;1-3-5-6-7-8(9)4-2/h3-6H,1-2,7-9H2,(H,16,17);4,8-9H,2-3,5-7H2,1H3. The van der Waals surface area contributed by atoms with Crippen LogP contribution in [-0.4, -0.2) is 46.2 Å². The monoisotopic (exact) mass is 361 g/mol. The van der Waals surface area contributed by atoms with E-state index >= 15 is 0 Å². The van der Waals surface area contributed by atoms with Crippen molar-refractivity contribution < 1.29 is 19.8 Å². The van der Waals surface area contributed by atoms with Gasteiger partial charge in [-0.1, -0.05) is 44.4 Å². The Hall–Kier alpha value is -2.14. The number of benzene rings is 1. The number of aliphatic hydroxyl groups excluding tert-OH is 1. The number of hydrogen-bond donors (Lipinski definition) is 2. The lowest BCUT2D eigenvalue weighted by Crippen LogP contribution is -2.26. The van der Waals surface area contributed by atoms with E-state index in [0.717, 1.165) is 44.3 Å². The van der Waals surface area contributed by atoms with E-state index in [1.165, 1.54) is 12.8 Å². The zero-order chi connectivity index (χ0) is 19.4. The first-order chi connectivity index (χ1) is 12.5. The normalized spacial score (nSPS) is 14.5. The van der Waals surface area contributed by atoms with Crippen LogP contribution >= 0.6 is 0 Å².